The molecule has 0 aromatic rings. The summed E-state index contributed by atoms with van der Waals surface area (Å²) in [6.07, 6.45) is 0. The maximum Gasteiger partial charge on any atom is 0.353 e. The van der Waals surface area contributed by atoms with E-state index in [-0.39, 0.29) is 0 Å². The maximum atomic E-state index is 11.9. The molecule has 1 nitrogen and oxygen atoms in total. The minimum atomic E-state index is -4.60. The molecule has 0 radical (unpaired) electrons. The highest BCUT2D eigenvalue weighted by Gasteiger charge is 2.58. The predicted molar refractivity (Wildman–Crippen MR) is 59.7 cm³/mol. The van der Waals surface area contributed by atoms with Crippen LogP contribution in [0.5, 0.6) is 0 Å². The first-order valence-corrected chi connectivity index (χ1v) is 5.51. The Morgan fingerprint density at radius 1 is 1.06 bits per heavy atom. The van der Waals surface area contributed by atoms with Crippen LogP contribution in [0.3, 0.4) is 0 Å². The van der Waals surface area contributed by atoms with Crippen LogP contribution in [0.1, 0.15) is 20.8 Å². The molecular weight excluding hydrogens is 292 g/mol. The molecule has 0 saturated carbocycles. The molecule has 0 spiro atoms. The van der Waals surface area contributed by atoms with E-state index in [1.165, 1.54) is 0 Å². The lowest BCUT2D eigenvalue weighted by atomic mass is 10.1. The highest BCUT2D eigenvalue weighted by atomic mass is 35.5. The molecule has 0 aromatic heterocycles. The molecule has 0 aliphatic rings. The highest BCUT2D eigenvalue weighted by molar-refractivity contribution is 6.48. The standard InChI is InChI=1S/C5H13N.C3HCl3F4/c1-4(2)5(3)6;4-1(7)2(8,9)3(5,6)10/h4-5H,6H2,1-3H3;1H. The van der Waals surface area contributed by atoms with Crippen molar-refractivity contribution in [3.63, 3.8) is 0 Å². The Morgan fingerprint density at radius 2 is 1.31 bits per heavy atom. The molecular formula is C8H14Cl3F4N. The van der Waals surface area contributed by atoms with Crippen LogP contribution in [0.2, 0.25) is 0 Å². The average molecular weight is 307 g/mol. The number of rotatable bonds is 3. The van der Waals surface area contributed by atoms with Gasteiger partial charge in [0.1, 0.15) is 0 Å². The highest BCUT2D eigenvalue weighted by Crippen LogP contribution is 2.44. The Morgan fingerprint density at radius 3 is 1.31 bits per heavy atom. The lowest BCUT2D eigenvalue weighted by Crippen LogP contribution is -2.40. The zero-order valence-electron chi connectivity index (χ0n) is 8.96. The van der Waals surface area contributed by atoms with E-state index in [4.69, 9.17) is 5.73 Å². The molecule has 0 heterocycles. The fraction of sp³-hybridized carbons (Fsp3) is 1.00. The van der Waals surface area contributed by atoms with E-state index in [0.29, 0.717) is 12.0 Å². The molecule has 0 aliphatic carbocycles. The Kier molecular flexibility index (Phi) is 8.37. The fourth-order valence-corrected chi connectivity index (χ4v) is 0.577. The predicted octanol–water partition coefficient (Wildman–Crippen LogP) is 4.25. The van der Waals surface area contributed by atoms with Crippen LogP contribution >= 0.6 is 34.8 Å². The van der Waals surface area contributed by atoms with Crippen molar-refractivity contribution in [2.75, 3.05) is 0 Å². The van der Waals surface area contributed by atoms with Gasteiger partial charge in [0.05, 0.1) is 0 Å². The summed E-state index contributed by atoms with van der Waals surface area (Å²) in [7, 11) is 0. The van der Waals surface area contributed by atoms with Crippen molar-refractivity contribution in [3.8, 4) is 0 Å². The molecule has 8 heteroatoms. The molecule has 0 saturated heterocycles. The number of nitrogens with two attached hydrogens (primary N) is 1. The lowest BCUT2D eigenvalue weighted by molar-refractivity contribution is -0.0902. The van der Waals surface area contributed by atoms with Gasteiger partial charge in [-0.1, -0.05) is 48.7 Å². The molecule has 0 fully saturated rings. The van der Waals surface area contributed by atoms with Crippen LogP contribution < -0.4 is 5.73 Å². The Balaban J connectivity index is 0. The van der Waals surface area contributed by atoms with E-state index in [9.17, 15) is 17.6 Å². The second-order valence-electron chi connectivity index (χ2n) is 3.52. The first-order valence-electron chi connectivity index (χ1n) is 4.32. The summed E-state index contributed by atoms with van der Waals surface area (Å²) in [5, 5.41) is 0. The molecule has 0 amide bonds. The smallest absolute Gasteiger partial charge is 0.328 e. The lowest BCUT2D eigenvalue weighted by Gasteiger charge is -2.21. The van der Waals surface area contributed by atoms with Crippen molar-refractivity contribution < 1.29 is 17.6 Å². The van der Waals surface area contributed by atoms with E-state index < -0.39 is 16.1 Å². The van der Waals surface area contributed by atoms with Gasteiger partial charge < -0.3 is 5.73 Å². The van der Waals surface area contributed by atoms with Crippen molar-refractivity contribution in [2.24, 2.45) is 11.7 Å². The summed E-state index contributed by atoms with van der Waals surface area (Å²) in [4.78, 5) is 0. The van der Waals surface area contributed by atoms with E-state index >= 15 is 0 Å². The van der Waals surface area contributed by atoms with Crippen LogP contribution in [-0.4, -0.2) is 22.2 Å². The SMILES string of the molecule is CC(C)C(C)N.FC(Cl)C(F)(F)C(F)(Cl)Cl. The second kappa shape index (κ2) is 7.09. The average Bonchev–Trinajstić information content (AvgIpc) is 2.02. The largest absolute Gasteiger partial charge is 0.353 e. The normalized spacial score (nSPS) is 16.5. The molecule has 16 heavy (non-hydrogen) atoms. The van der Waals surface area contributed by atoms with Gasteiger partial charge in [0.25, 0.3) is 0 Å². The Labute approximate surface area is 107 Å². The van der Waals surface area contributed by atoms with Gasteiger partial charge in [0.15, 0.2) is 0 Å². The van der Waals surface area contributed by atoms with Crippen LogP contribution in [0.15, 0.2) is 0 Å². The Bertz CT molecular complexity index is 186. The van der Waals surface area contributed by atoms with Gasteiger partial charge in [-0.05, 0) is 12.8 Å². The summed E-state index contributed by atoms with van der Waals surface area (Å²) in [5.74, 6) is -3.97. The van der Waals surface area contributed by atoms with Crippen molar-refractivity contribution >= 4 is 34.8 Å². The zero-order valence-corrected chi connectivity index (χ0v) is 11.2. The minimum absolute atomic E-state index is 0.352. The third-order valence-electron chi connectivity index (χ3n) is 1.70. The number of hydrogen-bond donors (Lipinski definition) is 1. The molecule has 2 N–H and O–H groups in total. The quantitative estimate of drug-likeness (QED) is 0.612. The first-order chi connectivity index (χ1) is 6.84. The number of alkyl halides is 7. The van der Waals surface area contributed by atoms with E-state index in [1.807, 2.05) is 6.92 Å². The van der Waals surface area contributed by atoms with Crippen molar-refractivity contribution in [2.45, 2.75) is 43.0 Å². The van der Waals surface area contributed by atoms with Gasteiger partial charge >= 0.3 is 10.5 Å². The van der Waals surface area contributed by atoms with E-state index in [1.54, 1.807) is 0 Å². The fourth-order valence-electron chi connectivity index (χ4n) is 0.124. The van der Waals surface area contributed by atoms with Gasteiger partial charge in [-0.2, -0.15) is 8.78 Å². The van der Waals surface area contributed by atoms with Crippen molar-refractivity contribution in [1.29, 1.82) is 0 Å². The zero-order chi connectivity index (χ0) is 13.7. The summed E-state index contributed by atoms with van der Waals surface area (Å²) < 4.78 is 43.3. The van der Waals surface area contributed by atoms with Crippen LogP contribution in [-0.2, 0) is 0 Å². The van der Waals surface area contributed by atoms with Crippen LogP contribution in [0.25, 0.3) is 0 Å². The third kappa shape index (κ3) is 6.99. The monoisotopic (exact) mass is 305 g/mol. The molecule has 0 rings (SSSR count). The van der Waals surface area contributed by atoms with Gasteiger partial charge in [0, 0.05) is 6.04 Å². The van der Waals surface area contributed by atoms with Gasteiger partial charge in [-0.3, -0.25) is 0 Å². The van der Waals surface area contributed by atoms with Crippen molar-refractivity contribution in [3.05, 3.63) is 0 Å². The molecule has 0 bridgehead atoms. The van der Waals surface area contributed by atoms with Gasteiger partial charge in [-0.25, -0.2) is 8.78 Å². The van der Waals surface area contributed by atoms with Crippen LogP contribution in [0, 0.1) is 5.92 Å². The van der Waals surface area contributed by atoms with Crippen molar-refractivity contribution in [1.82, 2.24) is 0 Å². The topological polar surface area (TPSA) is 26.0 Å². The van der Waals surface area contributed by atoms with Gasteiger partial charge in [-0.15, -0.1) is 0 Å². The molecule has 2 unspecified atom stereocenters. The summed E-state index contributed by atoms with van der Waals surface area (Å²) in [5.41, 5.74) is 2.19. The molecule has 2 atom stereocenters. The summed E-state index contributed by atoms with van der Waals surface area (Å²) in [6.45, 7) is 6.25. The molecule has 0 aliphatic heterocycles. The van der Waals surface area contributed by atoms with Gasteiger partial charge in [0.2, 0.25) is 5.63 Å². The molecule has 100 valence electrons. The second-order valence-corrected chi connectivity index (χ2v) is 5.14. The maximum absolute atomic E-state index is 11.9. The summed E-state index contributed by atoms with van der Waals surface area (Å²) in [6, 6.07) is 0.352. The number of hydrogen-bond acceptors (Lipinski definition) is 1. The first kappa shape index (κ1) is 18.9. The van der Waals surface area contributed by atoms with Crippen LogP contribution in [0.4, 0.5) is 17.6 Å². The number of halogens is 7. The summed E-state index contributed by atoms with van der Waals surface area (Å²) >= 11 is 12.7. The van der Waals surface area contributed by atoms with E-state index in [0.717, 1.165) is 0 Å². The third-order valence-corrected chi connectivity index (χ3v) is 2.48. The minimum Gasteiger partial charge on any atom is -0.328 e. The van der Waals surface area contributed by atoms with E-state index in [2.05, 4.69) is 48.7 Å². The Hall–Kier alpha value is 0.550. The molecule has 0 aromatic carbocycles.